The molecule has 3 nitrogen and oxygen atoms in total. The molecular formula is C10H11F2NO2. The number of nitrogens with two attached hydrogens (primary N) is 1. The Kier molecular flexibility index (Phi) is 3.36. The van der Waals surface area contributed by atoms with Crippen molar-refractivity contribution in [1.82, 2.24) is 0 Å². The summed E-state index contributed by atoms with van der Waals surface area (Å²) >= 11 is 0. The first-order valence-electron chi connectivity index (χ1n) is 4.44. The lowest BCUT2D eigenvalue weighted by Gasteiger charge is -2.11. The number of benzene rings is 1. The van der Waals surface area contributed by atoms with E-state index in [9.17, 15) is 13.6 Å². The van der Waals surface area contributed by atoms with E-state index >= 15 is 0 Å². The number of hydrogen-bond acceptors (Lipinski definition) is 2. The van der Waals surface area contributed by atoms with Crippen molar-refractivity contribution in [2.45, 2.75) is 19.4 Å². The van der Waals surface area contributed by atoms with E-state index in [2.05, 4.69) is 0 Å². The molecule has 5 heteroatoms. The maximum atomic E-state index is 13.6. The third-order valence-corrected chi connectivity index (χ3v) is 2.16. The van der Waals surface area contributed by atoms with Crippen molar-refractivity contribution in [2.75, 3.05) is 0 Å². The van der Waals surface area contributed by atoms with Crippen molar-refractivity contribution in [2.24, 2.45) is 5.73 Å². The van der Waals surface area contributed by atoms with Gasteiger partial charge in [0.05, 0.1) is 5.56 Å². The van der Waals surface area contributed by atoms with Crippen LogP contribution in [0.5, 0.6) is 0 Å². The standard InChI is InChI=1S/C10H11F2NO2/c1-2-5-3-4-6(11)7(8(5)12)9(13)10(14)15/h3-4,9H,2,13H2,1H3,(H,14,15). The van der Waals surface area contributed by atoms with Crippen LogP contribution in [0.1, 0.15) is 24.1 Å². The molecule has 1 atom stereocenters. The van der Waals surface area contributed by atoms with Gasteiger partial charge in [0, 0.05) is 0 Å². The van der Waals surface area contributed by atoms with E-state index in [0.717, 1.165) is 6.07 Å². The van der Waals surface area contributed by atoms with Gasteiger partial charge in [-0.25, -0.2) is 8.78 Å². The van der Waals surface area contributed by atoms with Gasteiger partial charge in [-0.3, -0.25) is 4.79 Å². The number of carboxylic acids is 1. The van der Waals surface area contributed by atoms with Crippen LogP contribution in [0, 0.1) is 11.6 Å². The minimum atomic E-state index is -1.67. The third-order valence-electron chi connectivity index (χ3n) is 2.16. The Hall–Kier alpha value is -1.49. The summed E-state index contributed by atoms with van der Waals surface area (Å²) in [5, 5.41) is 8.59. The van der Waals surface area contributed by atoms with Crippen LogP contribution in [0.3, 0.4) is 0 Å². The molecular weight excluding hydrogens is 204 g/mol. The molecule has 0 saturated heterocycles. The van der Waals surface area contributed by atoms with Gasteiger partial charge in [0.25, 0.3) is 0 Å². The molecule has 0 aliphatic carbocycles. The molecule has 82 valence electrons. The zero-order valence-corrected chi connectivity index (χ0v) is 8.13. The van der Waals surface area contributed by atoms with Crippen LogP contribution in [0.4, 0.5) is 8.78 Å². The summed E-state index contributed by atoms with van der Waals surface area (Å²) < 4.78 is 26.8. The zero-order chi connectivity index (χ0) is 11.6. The fraction of sp³-hybridized carbons (Fsp3) is 0.300. The van der Waals surface area contributed by atoms with Gasteiger partial charge in [-0.2, -0.15) is 0 Å². The topological polar surface area (TPSA) is 63.3 Å². The molecule has 0 bridgehead atoms. The molecule has 0 spiro atoms. The van der Waals surface area contributed by atoms with Crippen molar-refractivity contribution < 1.29 is 18.7 Å². The number of aryl methyl sites for hydroxylation is 1. The summed E-state index contributed by atoms with van der Waals surface area (Å²) in [6.07, 6.45) is 0.353. The molecule has 0 amide bonds. The fourth-order valence-electron chi connectivity index (χ4n) is 1.30. The molecule has 0 saturated carbocycles. The van der Waals surface area contributed by atoms with E-state index in [1.165, 1.54) is 6.07 Å². The summed E-state index contributed by atoms with van der Waals surface area (Å²) in [7, 11) is 0. The van der Waals surface area contributed by atoms with Gasteiger partial charge in [-0.15, -0.1) is 0 Å². The second-order valence-electron chi connectivity index (χ2n) is 3.10. The Labute approximate surface area is 85.5 Å². The highest BCUT2D eigenvalue weighted by Crippen LogP contribution is 2.22. The summed E-state index contributed by atoms with van der Waals surface area (Å²) in [6, 6.07) is 0.638. The van der Waals surface area contributed by atoms with Gasteiger partial charge in [0.1, 0.15) is 17.7 Å². The van der Waals surface area contributed by atoms with Gasteiger partial charge in [0.15, 0.2) is 0 Å². The summed E-state index contributed by atoms with van der Waals surface area (Å²) in [4.78, 5) is 10.5. The smallest absolute Gasteiger partial charge is 0.325 e. The summed E-state index contributed by atoms with van der Waals surface area (Å²) in [5.41, 5.74) is 4.85. The predicted octanol–water partition coefficient (Wildman–Crippen LogP) is 1.61. The first-order chi connectivity index (χ1) is 6.99. The van der Waals surface area contributed by atoms with E-state index in [0.29, 0.717) is 6.42 Å². The molecule has 0 radical (unpaired) electrons. The van der Waals surface area contributed by atoms with E-state index in [1.807, 2.05) is 0 Å². The Morgan fingerprint density at radius 3 is 2.60 bits per heavy atom. The molecule has 3 N–H and O–H groups in total. The summed E-state index contributed by atoms with van der Waals surface area (Å²) in [6.45, 7) is 1.69. The van der Waals surface area contributed by atoms with Crippen molar-refractivity contribution in [3.8, 4) is 0 Å². The van der Waals surface area contributed by atoms with E-state index < -0.39 is 29.2 Å². The number of carbonyl (C=O) groups is 1. The zero-order valence-electron chi connectivity index (χ0n) is 8.13. The largest absolute Gasteiger partial charge is 0.480 e. The highest BCUT2D eigenvalue weighted by molar-refractivity contribution is 5.75. The highest BCUT2D eigenvalue weighted by atomic mass is 19.1. The molecule has 1 aromatic rings. The van der Waals surface area contributed by atoms with Crippen molar-refractivity contribution in [1.29, 1.82) is 0 Å². The van der Waals surface area contributed by atoms with Crippen LogP contribution >= 0.6 is 0 Å². The van der Waals surface area contributed by atoms with Gasteiger partial charge < -0.3 is 10.8 Å². The second kappa shape index (κ2) is 4.35. The third kappa shape index (κ3) is 2.12. The monoisotopic (exact) mass is 215 g/mol. The fourth-order valence-corrected chi connectivity index (χ4v) is 1.30. The van der Waals surface area contributed by atoms with Crippen LogP contribution in [0.2, 0.25) is 0 Å². The Balaban J connectivity index is 3.32. The number of halogens is 2. The average Bonchev–Trinajstić information content (AvgIpc) is 2.17. The van der Waals surface area contributed by atoms with Gasteiger partial charge in [0.2, 0.25) is 0 Å². The minimum absolute atomic E-state index is 0.253. The number of aliphatic carboxylic acids is 1. The maximum absolute atomic E-state index is 13.6. The molecule has 0 aliphatic rings. The lowest BCUT2D eigenvalue weighted by atomic mass is 10.0. The van der Waals surface area contributed by atoms with Crippen molar-refractivity contribution in [3.63, 3.8) is 0 Å². The molecule has 0 aromatic heterocycles. The summed E-state index contributed by atoms with van der Waals surface area (Å²) in [5.74, 6) is -3.26. The first kappa shape index (κ1) is 11.6. The maximum Gasteiger partial charge on any atom is 0.325 e. The van der Waals surface area contributed by atoms with Crippen LogP contribution in [-0.2, 0) is 11.2 Å². The predicted molar refractivity (Wildman–Crippen MR) is 50.3 cm³/mol. The van der Waals surface area contributed by atoms with Crippen LogP contribution in [0.25, 0.3) is 0 Å². The van der Waals surface area contributed by atoms with E-state index in [-0.39, 0.29) is 5.56 Å². The molecule has 0 aliphatic heterocycles. The quantitative estimate of drug-likeness (QED) is 0.805. The first-order valence-corrected chi connectivity index (χ1v) is 4.44. The minimum Gasteiger partial charge on any atom is -0.480 e. The molecule has 1 aromatic carbocycles. The van der Waals surface area contributed by atoms with Gasteiger partial charge in [-0.1, -0.05) is 13.0 Å². The van der Waals surface area contributed by atoms with Gasteiger partial charge >= 0.3 is 5.97 Å². The molecule has 1 rings (SSSR count). The van der Waals surface area contributed by atoms with E-state index in [1.54, 1.807) is 6.92 Å². The van der Waals surface area contributed by atoms with Crippen molar-refractivity contribution >= 4 is 5.97 Å². The highest BCUT2D eigenvalue weighted by Gasteiger charge is 2.24. The molecule has 0 fully saturated rings. The second-order valence-corrected chi connectivity index (χ2v) is 3.10. The normalized spacial score (nSPS) is 12.5. The SMILES string of the molecule is CCc1ccc(F)c(C(N)C(=O)O)c1F. The number of hydrogen-bond donors (Lipinski definition) is 2. The Bertz CT molecular complexity index is 393. The Morgan fingerprint density at radius 2 is 2.13 bits per heavy atom. The molecule has 15 heavy (non-hydrogen) atoms. The number of rotatable bonds is 3. The van der Waals surface area contributed by atoms with Crippen LogP contribution in [0.15, 0.2) is 12.1 Å². The van der Waals surface area contributed by atoms with E-state index in [4.69, 9.17) is 10.8 Å². The Morgan fingerprint density at radius 1 is 1.53 bits per heavy atom. The lowest BCUT2D eigenvalue weighted by Crippen LogP contribution is -2.23. The van der Waals surface area contributed by atoms with Crippen molar-refractivity contribution in [3.05, 3.63) is 34.9 Å². The van der Waals surface area contributed by atoms with Gasteiger partial charge in [-0.05, 0) is 18.1 Å². The van der Waals surface area contributed by atoms with Crippen LogP contribution < -0.4 is 5.73 Å². The average molecular weight is 215 g/mol. The van der Waals surface area contributed by atoms with Crippen LogP contribution in [-0.4, -0.2) is 11.1 Å². The molecule has 1 unspecified atom stereocenters. The lowest BCUT2D eigenvalue weighted by molar-refractivity contribution is -0.138. The molecule has 0 heterocycles. The number of carboxylic acid groups (broad SMARTS) is 1.